The molecule has 0 spiro atoms. The number of unbranched alkanes of at least 4 members (excludes halogenated alkanes) is 7. The number of carbonyl (C=O) groups is 2. The van der Waals surface area contributed by atoms with Crippen LogP contribution >= 0.6 is 0 Å². The van der Waals surface area contributed by atoms with Crippen LogP contribution in [0.25, 0.3) is 0 Å². The minimum absolute atomic E-state index is 0.280. The average molecular weight is 483 g/mol. The smallest absolute Gasteiger partial charge is 0.309 e. The molecule has 0 aromatic rings. The largest absolute Gasteiger partial charge is 0.481 e. The van der Waals surface area contributed by atoms with E-state index in [-0.39, 0.29) is 6.42 Å². The molecule has 0 heterocycles. The van der Waals surface area contributed by atoms with E-state index >= 15 is 0 Å². The number of rotatable bonds is 24. The molecule has 0 bridgehead atoms. The lowest BCUT2D eigenvalue weighted by atomic mass is 9.66. The summed E-state index contributed by atoms with van der Waals surface area (Å²) in [6.45, 7) is 11.2. The van der Waals surface area contributed by atoms with Gasteiger partial charge in [-0.25, -0.2) is 0 Å². The molecule has 0 saturated carbocycles. The molecule has 0 radical (unpaired) electrons. The third kappa shape index (κ3) is 15.0. The van der Waals surface area contributed by atoms with Crippen molar-refractivity contribution in [2.45, 2.75) is 157 Å². The van der Waals surface area contributed by atoms with E-state index in [1.807, 2.05) is 0 Å². The van der Waals surface area contributed by atoms with Crippen LogP contribution in [0.1, 0.15) is 157 Å². The maximum absolute atomic E-state index is 12.9. The summed E-state index contributed by atoms with van der Waals surface area (Å²) in [6.07, 6.45) is 19.4. The molecule has 202 valence electrons. The summed E-state index contributed by atoms with van der Waals surface area (Å²) in [7, 11) is 0. The molecule has 0 aromatic heterocycles. The first kappa shape index (κ1) is 32.9. The quantitative estimate of drug-likeness (QED) is 0.134. The lowest BCUT2D eigenvalue weighted by Gasteiger charge is -2.38. The Morgan fingerprint density at radius 1 is 0.647 bits per heavy atom. The minimum atomic E-state index is -0.698. The van der Waals surface area contributed by atoms with Crippen LogP contribution in [-0.2, 0) is 9.59 Å². The van der Waals surface area contributed by atoms with Crippen molar-refractivity contribution in [3.63, 3.8) is 0 Å². The van der Waals surface area contributed by atoms with Crippen LogP contribution in [0.5, 0.6) is 0 Å². The number of hydrogen-bond donors (Lipinski definition) is 2. The maximum Gasteiger partial charge on any atom is 0.309 e. The molecule has 3 unspecified atom stereocenters. The summed E-state index contributed by atoms with van der Waals surface area (Å²) < 4.78 is 0. The van der Waals surface area contributed by atoms with Gasteiger partial charge in [0.05, 0.1) is 5.41 Å². The highest BCUT2D eigenvalue weighted by Gasteiger charge is 2.42. The molecule has 0 aliphatic carbocycles. The van der Waals surface area contributed by atoms with Crippen molar-refractivity contribution in [2.75, 3.05) is 0 Å². The Morgan fingerprint density at radius 3 is 1.53 bits per heavy atom. The molecule has 3 atom stereocenters. The fraction of sp³-hybridized carbons (Fsp3) is 0.933. The number of hydrogen-bond acceptors (Lipinski definition) is 2. The topological polar surface area (TPSA) is 74.6 Å². The van der Waals surface area contributed by atoms with Gasteiger partial charge in [-0.15, -0.1) is 0 Å². The second kappa shape index (κ2) is 20.2. The molecule has 0 aliphatic heterocycles. The molecular weight excluding hydrogens is 424 g/mol. The fourth-order valence-electron chi connectivity index (χ4n) is 5.75. The van der Waals surface area contributed by atoms with Crippen molar-refractivity contribution in [3.8, 4) is 0 Å². The standard InChI is InChI=1S/C30H58O4/c1-6-10-19-26(8-3)23-30(29(33)34,24-27(9-4)20-11-7-2)22-25(5)18-16-14-12-13-15-17-21-28(31)32/h25-27H,6-24H2,1-5H3,(H,31,32)(H,33,34). The molecule has 2 N–H and O–H groups in total. The second-order valence-electron chi connectivity index (χ2n) is 11.2. The van der Waals surface area contributed by atoms with Crippen LogP contribution in [-0.4, -0.2) is 22.2 Å². The van der Waals surface area contributed by atoms with Gasteiger partial charge in [0.15, 0.2) is 0 Å². The van der Waals surface area contributed by atoms with Crippen LogP contribution in [0.3, 0.4) is 0 Å². The lowest BCUT2D eigenvalue weighted by Crippen LogP contribution is -2.37. The van der Waals surface area contributed by atoms with Gasteiger partial charge in [0, 0.05) is 6.42 Å². The second-order valence-corrected chi connectivity index (χ2v) is 11.2. The molecule has 4 nitrogen and oxygen atoms in total. The zero-order valence-corrected chi connectivity index (χ0v) is 23.4. The van der Waals surface area contributed by atoms with E-state index in [9.17, 15) is 14.7 Å². The lowest BCUT2D eigenvalue weighted by molar-refractivity contribution is -0.153. The van der Waals surface area contributed by atoms with Gasteiger partial charge in [-0.1, -0.05) is 125 Å². The SMILES string of the molecule is CCCCC(CC)CC(CC(C)CCCCCCCCC(=O)O)(CC(CC)CCCC)C(=O)O. The Hall–Kier alpha value is -1.06. The number of aliphatic carboxylic acids is 2. The van der Waals surface area contributed by atoms with E-state index in [4.69, 9.17) is 5.11 Å². The molecule has 0 aliphatic rings. The summed E-state index contributed by atoms with van der Waals surface area (Å²) in [5, 5.41) is 19.3. The van der Waals surface area contributed by atoms with Gasteiger partial charge in [-0.05, 0) is 43.4 Å². The summed E-state index contributed by atoms with van der Waals surface area (Å²) in [5.41, 5.74) is -0.584. The van der Waals surface area contributed by atoms with Crippen molar-refractivity contribution in [2.24, 2.45) is 23.2 Å². The van der Waals surface area contributed by atoms with Crippen LogP contribution < -0.4 is 0 Å². The molecule has 0 rings (SSSR count). The van der Waals surface area contributed by atoms with Gasteiger partial charge < -0.3 is 10.2 Å². The molecule has 0 fully saturated rings. The Bertz CT molecular complexity index is 498. The minimum Gasteiger partial charge on any atom is -0.481 e. The van der Waals surface area contributed by atoms with Gasteiger partial charge in [-0.2, -0.15) is 0 Å². The van der Waals surface area contributed by atoms with Gasteiger partial charge in [-0.3, -0.25) is 9.59 Å². The first-order valence-electron chi connectivity index (χ1n) is 14.7. The Kier molecular flexibility index (Phi) is 19.5. The van der Waals surface area contributed by atoms with Crippen LogP contribution in [0, 0.1) is 23.2 Å². The third-order valence-electron chi connectivity index (χ3n) is 7.98. The van der Waals surface area contributed by atoms with Crippen molar-refractivity contribution >= 4 is 11.9 Å². The van der Waals surface area contributed by atoms with Crippen molar-refractivity contribution in [1.29, 1.82) is 0 Å². The maximum atomic E-state index is 12.9. The summed E-state index contributed by atoms with van der Waals surface area (Å²) >= 11 is 0. The summed E-state index contributed by atoms with van der Waals surface area (Å²) in [6, 6.07) is 0. The van der Waals surface area contributed by atoms with E-state index in [2.05, 4.69) is 34.6 Å². The number of carboxylic acids is 2. The van der Waals surface area contributed by atoms with Crippen LogP contribution in [0.15, 0.2) is 0 Å². The predicted octanol–water partition coefficient (Wildman–Crippen LogP) is 9.50. The Morgan fingerprint density at radius 2 is 1.12 bits per heavy atom. The molecule has 0 saturated heterocycles. The van der Waals surface area contributed by atoms with E-state index in [0.29, 0.717) is 17.8 Å². The first-order chi connectivity index (χ1) is 16.2. The number of carboxylic acid groups (broad SMARTS) is 2. The molecule has 4 heteroatoms. The Labute approximate surface area is 211 Å². The van der Waals surface area contributed by atoms with E-state index < -0.39 is 17.4 Å². The fourth-order valence-corrected chi connectivity index (χ4v) is 5.75. The van der Waals surface area contributed by atoms with Gasteiger partial charge >= 0.3 is 11.9 Å². The van der Waals surface area contributed by atoms with Crippen molar-refractivity contribution in [1.82, 2.24) is 0 Å². The summed E-state index contributed by atoms with van der Waals surface area (Å²) in [5.74, 6) is 0.198. The van der Waals surface area contributed by atoms with Crippen molar-refractivity contribution in [3.05, 3.63) is 0 Å². The van der Waals surface area contributed by atoms with Gasteiger partial charge in [0.1, 0.15) is 0 Å². The monoisotopic (exact) mass is 482 g/mol. The van der Waals surface area contributed by atoms with Crippen molar-refractivity contribution < 1.29 is 19.8 Å². The third-order valence-corrected chi connectivity index (χ3v) is 7.98. The summed E-state index contributed by atoms with van der Waals surface area (Å²) in [4.78, 5) is 23.5. The zero-order chi connectivity index (χ0) is 25.8. The van der Waals surface area contributed by atoms with Crippen LogP contribution in [0.4, 0.5) is 0 Å². The molecular formula is C30H58O4. The zero-order valence-electron chi connectivity index (χ0n) is 23.4. The molecule has 0 amide bonds. The highest BCUT2D eigenvalue weighted by molar-refractivity contribution is 5.74. The average Bonchev–Trinajstić information content (AvgIpc) is 2.80. The van der Waals surface area contributed by atoms with E-state index in [0.717, 1.165) is 83.5 Å². The van der Waals surface area contributed by atoms with Crippen LogP contribution in [0.2, 0.25) is 0 Å². The van der Waals surface area contributed by atoms with Gasteiger partial charge in [0.25, 0.3) is 0 Å². The molecule has 34 heavy (non-hydrogen) atoms. The first-order valence-corrected chi connectivity index (χ1v) is 14.7. The van der Waals surface area contributed by atoms with E-state index in [1.54, 1.807) is 0 Å². The Balaban J connectivity index is 5.06. The normalized spacial score (nSPS) is 16.0. The molecule has 0 aromatic carbocycles. The van der Waals surface area contributed by atoms with Gasteiger partial charge in [0.2, 0.25) is 0 Å². The highest BCUT2D eigenvalue weighted by atomic mass is 16.4. The predicted molar refractivity (Wildman–Crippen MR) is 144 cm³/mol. The van der Waals surface area contributed by atoms with E-state index in [1.165, 1.54) is 32.1 Å². The highest BCUT2D eigenvalue weighted by Crippen LogP contribution is 2.44.